The van der Waals surface area contributed by atoms with Gasteiger partial charge in [-0.1, -0.05) is 50.3 Å². The fourth-order valence-corrected chi connectivity index (χ4v) is 3.11. The van der Waals surface area contributed by atoms with E-state index in [-0.39, 0.29) is 16.8 Å². The molecule has 0 radical (unpaired) electrons. The molecule has 0 aromatic heterocycles. The predicted octanol–water partition coefficient (Wildman–Crippen LogP) is 4.81. The molecular weight excluding hydrogens is 300 g/mol. The summed E-state index contributed by atoms with van der Waals surface area (Å²) in [5, 5.41) is 8.91. The SMILES string of the molecule is CC1(C)CCC(=O)c2cc(C=Cc3ccc(C(=O)O)cc3)ccc21. The number of rotatable bonds is 3. The van der Waals surface area contributed by atoms with Crippen molar-refractivity contribution in [1.82, 2.24) is 0 Å². The maximum Gasteiger partial charge on any atom is 0.335 e. The zero-order valence-corrected chi connectivity index (χ0v) is 13.9. The molecule has 0 aliphatic heterocycles. The third kappa shape index (κ3) is 3.16. The van der Waals surface area contributed by atoms with E-state index in [2.05, 4.69) is 19.9 Å². The summed E-state index contributed by atoms with van der Waals surface area (Å²) in [5.74, 6) is -0.716. The summed E-state index contributed by atoms with van der Waals surface area (Å²) in [4.78, 5) is 23.1. The van der Waals surface area contributed by atoms with Crippen LogP contribution in [0.25, 0.3) is 12.2 Å². The molecule has 1 N–H and O–H groups in total. The molecule has 0 unspecified atom stereocenters. The Morgan fingerprint density at radius 3 is 2.33 bits per heavy atom. The Morgan fingerprint density at radius 2 is 1.67 bits per heavy atom. The summed E-state index contributed by atoms with van der Waals surface area (Å²) in [5.41, 5.74) is 4.16. The van der Waals surface area contributed by atoms with E-state index in [1.54, 1.807) is 24.3 Å². The molecule has 3 heteroatoms. The highest BCUT2D eigenvalue weighted by Gasteiger charge is 2.31. The zero-order chi connectivity index (χ0) is 17.3. The summed E-state index contributed by atoms with van der Waals surface area (Å²) < 4.78 is 0. The summed E-state index contributed by atoms with van der Waals surface area (Å²) in [6.45, 7) is 4.36. The van der Waals surface area contributed by atoms with E-state index in [9.17, 15) is 9.59 Å². The number of carbonyl (C=O) groups is 2. The normalized spacial score (nSPS) is 16.2. The van der Waals surface area contributed by atoms with Crippen molar-refractivity contribution in [3.8, 4) is 0 Å². The van der Waals surface area contributed by atoms with Gasteiger partial charge < -0.3 is 5.11 Å². The maximum atomic E-state index is 12.2. The summed E-state index contributed by atoms with van der Waals surface area (Å²) in [6, 6.07) is 12.8. The molecule has 0 bridgehead atoms. The number of carboxylic acid groups (broad SMARTS) is 1. The first-order valence-corrected chi connectivity index (χ1v) is 8.06. The van der Waals surface area contributed by atoms with Crippen molar-refractivity contribution >= 4 is 23.9 Å². The molecule has 3 nitrogen and oxygen atoms in total. The van der Waals surface area contributed by atoms with Gasteiger partial charge in [-0.3, -0.25) is 4.79 Å². The van der Waals surface area contributed by atoms with E-state index in [1.807, 2.05) is 24.3 Å². The first kappa shape index (κ1) is 16.2. The number of ketones is 1. The van der Waals surface area contributed by atoms with E-state index in [0.29, 0.717) is 6.42 Å². The molecule has 3 rings (SSSR count). The molecule has 0 heterocycles. The van der Waals surface area contributed by atoms with Gasteiger partial charge in [0, 0.05) is 12.0 Å². The molecule has 0 saturated heterocycles. The lowest BCUT2D eigenvalue weighted by atomic mass is 9.72. The van der Waals surface area contributed by atoms with E-state index in [4.69, 9.17) is 5.11 Å². The Morgan fingerprint density at radius 1 is 1.04 bits per heavy atom. The first-order chi connectivity index (χ1) is 11.4. The summed E-state index contributed by atoms with van der Waals surface area (Å²) in [7, 11) is 0. The molecule has 1 aliphatic rings. The lowest BCUT2D eigenvalue weighted by molar-refractivity contribution is 0.0696. The van der Waals surface area contributed by atoms with Crippen molar-refractivity contribution in [2.75, 3.05) is 0 Å². The fraction of sp³-hybridized carbons (Fsp3) is 0.238. The Labute approximate surface area is 141 Å². The number of fused-ring (bicyclic) bond motifs is 1. The molecule has 2 aromatic rings. The standard InChI is InChI=1S/C21H20O3/c1-21(2)12-11-19(22)17-13-15(7-10-18(17)21)4-3-14-5-8-16(9-6-14)20(23)24/h3-10,13H,11-12H2,1-2H3,(H,23,24). The third-order valence-corrected chi connectivity index (χ3v) is 4.68. The second kappa shape index (κ2) is 6.08. The molecule has 2 aromatic carbocycles. The Hall–Kier alpha value is -2.68. The zero-order valence-electron chi connectivity index (χ0n) is 13.9. The summed E-state index contributed by atoms with van der Waals surface area (Å²) >= 11 is 0. The number of hydrogen-bond donors (Lipinski definition) is 1. The topological polar surface area (TPSA) is 54.4 Å². The van der Waals surface area contributed by atoms with Gasteiger partial charge in [-0.2, -0.15) is 0 Å². The van der Waals surface area contributed by atoms with E-state index >= 15 is 0 Å². The second-order valence-electron chi connectivity index (χ2n) is 6.87. The minimum absolute atomic E-state index is 0.0398. The van der Waals surface area contributed by atoms with Crippen LogP contribution in [0.1, 0.15) is 64.1 Å². The highest BCUT2D eigenvalue weighted by molar-refractivity contribution is 5.99. The van der Waals surface area contributed by atoms with Crippen LogP contribution in [-0.2, 0) is 5.41 Å². The molecule has 0 atom stereocenters. The molecule has 0 spiro atoms. The number of benzene rings is 2. The van der Waals surface area contributed by atoms with Crippen molar-refractivity contribution in [2.24, 2.45) is 0 Å². The molecule has 122 valence electrons. The Kier molecular flexibility index (Phi) is 4.10. The maximum absolute atomic E-state index is 12.2. The largest absolute Gasteiger partial charge is 0.478 e. The lowest BCUT2D eigenvalue weighted by Gasteiger charge is -2.31. The van der Waals surface area contributed by atoms with Crippen molar-refractivity contribution < 1.29 is 14.7 Å². The highest BCUT2D eigenvalue weighted by Crippen LogP contribution is 2.37. The average molecular weight is 320 g/mol. The van der Waals surface area contributed by atoms with Crippen LogP contribution < -0.4 is 0 Å². The van der Waals surface area contributed by atoms with E-state index < -0.39 is 5.97 Å². The Bertz CT molecular complexity index is 827. The minimum Gasteiger partial charge on any atom is -0.478 e. The van der Waals surface area contributed by atoms with Crippen LogP contribution in [0.3, 0.4) is 0 Å². The quantitative estimate of drug-likeness (QED) is 0.826. The molecule has 0 saturated carbocycles. The number of carbonyl (C=O) groups excluding carboxylic acids is 1. The number of Topliss-reactive ketones (excluding diaryl/α,β-unsaturated/α-hetero) is 1. The first-order valence-electron chi connectivity index (χ1n) is 8.06. The van der Waals surface area contributed by atoms with Crippen LogP contribution in [0.15, 0.2) is 42.5 Å². The van der Waals surface area contributed by atoms with Gasteiger partial charge in [0.1, 0.15) is 0 Å². The van der Waals surface area contributed by atoms with Gasteiger partial charge in [-0.15, -0.1) is 0 Å². The molecule has 0 amide bonds. The van der Waals surface area contributed by atoms with Crippen LogP contribution in [0.2, 0.25) is 0 Å². The fourth-order valence-electron chi connectivity index (χ4n) is 3.11. The van der Waals surface area contributed by atoms with Gasteiger partial charge in [-0.05, 0) is 46.7 Å². The third-order valence-electron chi connectivity index (χ3n) is 4.68. The van der Waals surface area contributed by atoms with E-state index in [0.717, 1.165) is 28.7 Å². The minimum atomic E-state index is -0.929. The van der Waals surface area contributed by atoms with Crippen molar-refractivity contribution in [3.05, 3.63) is 70.3 Å². The Balaban J connectivity index is 1.87. The predicted molar refractivity (Wildman–Crippen MR) is 95.4 cm³/mol. The highest BCUT2D eigenvalue weighted by atomic mass is 16.4. The van der Waals surface area contributed by atoms with E-state index in [1.165, 1.54) is 0 Å². The van der Waals surface area contributed by atoms with Crippen LogP contribution in [0.4, 0.5) is 0 Å². The number of aromatic carboxylic acids is 1. The lowest BCUT2D eigenvalue weighted by Crippen LogP contribution is -2.27. The van der Waals surface area contributed by atoms with Crippen LogP contribution in [-0.4, -0.2) is 16.9 Å². The van der Waals surface area contributed by atoms with Gasteiger partial charge in [0.05, 0.1) is 5.56 Å². The monoisotopic (exact) mass is 320 g/mol. The van der Waals surface area contributed by atoms with Crippen LogP contribution in [0, 0.1) is 0 Å². The average Bonchev–Trinajstić information content (AvgIpc) is 2.57. The van der Waals surface area contributed by atoms with Gasteiger partial charge >= 0.3 is 5.97 Å². The van der Waals surface area contributed by atoms with Crippen molar-refractivity contribution in [2.45, 2.75) is 32.1 Å². The van der Waals surface area contributed by atoms with Crippen LogP contribution in [0.5, 0.6) is 0 Å². The smallest absolute Gasteiger partial charge is 0.335 e. The summed E-state index contributed by atoms with van der Waals surface area (Å²) in [6.07, 6.45) is 5.37. The molecular formula is C21H20O3. The number of carboxylic acids is 1. The molecule has 24 heavy (non-hydrogen) atoms. The van der Waals surface area contributed by atoms with Crippen molar-refractivity contribution in [3.63, 3.8) is 0 Å². The van der Waals surface area contributed by atoms with Gasteiger partial charge in [0.2, 0.25) is 0 Å². The number of hydrogen-bond acceptors (Lipinski definition) is 2. The van der Waals surface area contributed by atoms with Gasteiger partial charge in [0.25, 0.3) is 0 Å². The van der Waals surface area contributed by atoms with Gasteiger partial charge in [0.15, 0.2) is 5.78 Å². The van der Waals surface area contributed by atoms with Gasteiger partial charge in [-0.25, -0.2) is 4.79 Å². The molecule has 1 aliphatic carbocycles. The van der Waals surface area contributed by atoms with Crippen molar-refractivity contribution in [1.29, 1.82) is 0 Å². The molecule has 0 fully saturated rings. The van der Waals surface area contributed by atoms with Crippen LogP contribution >= 0.6 is 0 Å². The second-order valence-corrected chi connectivity index (χ2v) is 6.87.